The normalized spacial score (nSPS) is 14.0. The van der Waals surface area contributed by atoms with E-state index >= 15 is 0 Å². The molecular weight excluding hydrogens is 231 g/mol. The van der Waals surface area contributed by atoms with Crippen LogP contribution in [-0.2, 0) is 6.18 Å². The molecule has 2 nitrogen and oxygen atoms in total. The molecule has 84 valence electrons. The summed E-state index contributed by atoms with van der Waals surface area (Å²) in [5.74, 6) is 0. The van der Waals surface area contributed by atoms with E-state index < -0.39 is 24.4 Å². The van der Waals surface area contributed by atoms with Gasteiger partial charge in [-0.25, -0.2) is 0 Å². The summed E-state index contributed by atoms with van der Waals surface area (Å²) in [5, 5.41) is 8.89. The quantitative estimate of drug-likeness (QED) is 0.832. The minimum atomic E-state index is -4.49. The summed E-state index contributed by atoms with van der Waals surface area (Å²) in [6.07, 6.45) is -4.49. The van der Waals surface area contributed by atoms with Crippen LogP contribution in [0.25, 0.3) is 0 Å². The largest absolute Gasteiger partial charge is 0.416 e. The minimum absolute atomic E-state index is 0.155. The monoisotopic (exact) mass is 239 g/mol. The lowest BCUT2D eigenvalue weighted by Gasteiger charge is -2.16. The molecule has 15 heavy (non-hydrogen) atoms. The molecule has 6 heteroatoms. The third-order valence-corrected chi connectivity index (χ3v) is 2.15. The number of halogens is 4. The maximum Gasteiger partial charge on any atom is 0.416 e. The van der Waals surface area contributed by atoms with Gasteiger partial charge in [0, 0.05) is 5.02 Å². The lowest BCUT2D eigenvalue weighted by molar-refractivity contribution is -0.138. The third-order valence-electron chi connectivity index (χ3n) is 1.92. The first-order valence-corrected chi connectivity index (χ1v) is 4.47. The molecule has 1 unspecified atom stereocenters. The lowest BCUT2D eigenvalue weighted by Crippen LogP contribution is -2.20. The zero-order valence-electron chi connectivity index (χ0n) is 7.55. The maximum absolute atomic E-state index is 12.5. The highest BCUT2D eigenvalue weighted by atomic mass is 35.5. The second kappa shape index (κ2) is 4.38. The minimum Gasteiger partial charge on any atom is -0.394 e. The Kier molecular flexibility index (Phi) is 3.59. The predicted octanol–water partition coefficient (Wildman–Crippen LogP) is 2.35. The van der Waals surface area contributed by atoms with Gasteiger partial charge < -0.3 is 10.8 Å². The van der Waals surface area contributed by atoms with E-state index in [0.717, 1.165) is 18.2 Å². The van der Waals surface area contributed by atoms with Crippen molar-refractivity contribution in [1.29, 1.82) is 0 Å². The molecule has 1 aromatic rings. The van der Waals surface area contributed by atoms with Crippen LogP contribution in [0, 0.1) is 0 Å². The van der Waals surface area contributed by atoms with Gasteiger partial charge in [-0.3, -0.25) is 0 Å². The fourth-order valence-electron chi connectivity index (χ4n) is 1.20. The first-order valence-electron chi connectivity index (χ1n) is 4.09. The molecule has 0 heterocycles. The Hall–Kier alpha value is -0.780. The first kappa shape index (κ1) is 12.3. The molecule has 0 aromatic heterocycles. The average molecular weight is 240 g/mol. The predicted molar refractivity (Wildman–Crippen MR) is 50.5 cm³/mol. The van der Waals surface area contributed by atoms with Gasteiger partial charge in [-0.2, -0.15) is 13.2 Å². The van der Waals surface area contributed by atoms with Crippen molar-refractivity contribution < 1.29 is 18.3 Å². The number of nitrogens with two attached hydrogens (primary N) is 1. The Morgan fingerprint density at radius 2 is 2.00 bits per heavy atom. The number of alkyl halides is 3. The smallest absolute Gasteiger partial charge is 0.394 e. The van der Waals surface area contributed by atoms with Crippen molar-refractivity contribution in [2.75, 3.05) is 6.61 Å². The number of hydrogen-bond acceptors (Lipinski definition) is 2. The molecule has 0 saturated heterocycles. The van der Waals surface area contributed by atoms with Crippen molar-refractivity contribution in [3.8, 4) is 0 Å². The highest BCUT2D eigenvalue weighted by molar-refractivity contribution is 6.30. The van der Waals surface area contributed by atoms with Gasteiger partial charge >= 0.3 is 6.18 Å². The van der Waals surface area contributed by atoms with Crippen molar-refractivity contribution in [2.24, 2.45) is 5.73 Å². The van der Waals surface area contributed by atoms with Crippen LogP contribution in [-0.4, -0.2) is 11.7 Å². The SMILES string of the molecule is NC(CO)c1cc(Cl)ccc1C(F)(F)F. The van der Waals surface area contributed by atoms with Crippen molar-refractivity contribution >= 4 is 11.6 Å². The van der Waals surface area contributed by atoms with Crippen LogP contribution in [0.1, 0.15) is 17.2 Å². The van der Waals surface area contributed by atoms with Gasteiger partial charge in [0.25, 0.3) is 0 Å². The molecule has 0 aliphatic rings. The van der Waals surface area contributed by atoms with E-state index in [-0.39, 0.29) is 10.6 Å². The van der Waals surface area contributed by atoms with Crippen molar-refractivity contribution in [3.05, 3.63) is 34.3 Å². The van der Waals surface area contributed by atoms with E-state index in [9.17, 15) is 13.2 Å². The van der Waals surface area contributed by atoms with Gasteiger partial charge in [0.15, 0.2) is 0 Å². The van der Waals surface area contributed by atoms with Crippen LogP contribution in [0.4, 0.5) is 13.2 Å². The van der Waals surface area contributed by atoms with Crippen molar-refractivity contribution in [1.82, 2.24) is 0 Å². The molecule has 0 bridgehead atoms. The van der Waals surface area contributed by atoms with Crippen LogP contribution in [0.2, 0.25) is 5.02 Å². The van der Waals surface area contributed by atoms with Crippen LogP contribution < -0.4 is 5.73 Å². The first-order chi connectivity index (χ1) is 6.86. The molecule has 0 amide bonds. The average Bonchev–Trinajstić information content (AvgIpc) is 2.14. The topological polar surface area (TPSA) is 46.2 Å². The fraction of sp³-hybridized carbons (Fsp3) is 0.333. The summed E-state index contributed by atoms with van der Waals surface area (Å²) < 4.78 is 37.5. The van der Waals surface area contributed by atoms with Gasteiger partial charge in [-0.15, -0.1) is 0 Å². The highest BCUT2D eigenvalue weighted by Gasteiger charge is 2.34. The molecule has 0 spiro atoms. The second-order valence-corrected chi connectivity index (χ2v) is 3.45. The summed E-state index contributed by atoms with van der Waals surface area (Å²) in [6, 6.07) is 2.02. The Balaban J connectivity index is 3.27. The Morgan fingerprint density at radius 1 is 1.40 bits per heavy atom. The van der Waals surface area contributed by atoms with E-state index in [1.165, 1.54) is 0 Å². The summed E-state index contributed by atoms with van der Waals surface area (Å²) >= 11 is 5.56. The molecule has 1 atom stereocenters. The number of hydrogen-bond donors (Lipinski definition) is 2. The summed E-state index contributed by atoms with van der Waals surface area (Å²) in [5.41, 5.74) is 4.29. The molecule has 1 aromatic carbocycles. The van der Waals surface area contributed by atoms with Gasteiger partial charge in [0.2, 0.25) is 0 Å². The molecule has 3 N–H and O–H groups in total. The van der Waals surface area contributed by atoms with Gasteiger partial charge in [0.1, 0.15) is 0 Å². The molecule has 0 radical (unpaired) electrons. The zero-order valence-corrected chi connectivity index (χ0v) is 8.31. The van der Waals surface area contributed by atoms with E-state index in [1.807, 2.05) is 0 Å². The van der Waals surface area contributed by atoms with Crippen LogP contribution in [0.15, 0.2) is 18.2 Å². The number of rotatable bonds is 2. The molecule has 0 aliphatic carbocycles. The molecule has 0 fully saturated rings. The van der Waals surface area contributed by atoms with Gasteiger partial charge in [-0.05, 0) is 23.8 Å². The van der Waals surface area contributed by atoms with Gasteiger partial charge in [-0.1, -0.05) is 11.6 Å². The van der Waals surface area contributed by atoms with E-state index in [4.69, 9.17) is 22.4 Å². The Labute approximate surface area is 89.5 Å². The van der Waals surface area contributed by atoms with Gasteiger partial charge in [0.05, 0.1) is 18.2 Å². The summed E-state index contributed by atoms with van der Waals surface area (Å²) in [4.78, 5) is 0. The molecule has 0 saturated carbocycles. The van der Waals surface area contributed by atoms with E-state index in [1.54, 1.807) is 0 Å². The summed E-state index contributed by atoms with van der Waals surface area (Å²) in [7, 11) is 0. The molecule has 1 rings (SSSR count). The standard InChI is InChI=1S/C9H9ClF3NO/c10-5-1-2-7(9(11,12)13)6(3-5)8(14)4-15/h1-3,8,15H,4,14H2. The van der Waals surface area contributed by atoms with Crippen LogP contribution >= 0.6 is 11.6 Å². The zero-order chi connectivity index (χ0) is 11.6. The number of benzene rings is 1. The van der Waals surface area contributed by atoms with Crippen LogP contribution in [0.3, 0.4) is 0 Å². The lowest BCUT2D eigenvalue weighted by atomic mass is 10.0. The summed E-state index contributed by atoms with van der Waals surface area (Å²) in [6.45, 7) is -0.566. The number of aliphatic hydroxyl groups is 1. The Bertz CT molecular complexity index is 354. The van der Waals surface area contributed by atoms with Crippen LogP contribution in [0.5, 0.6) is 0 Å². The second-order valence-electron chi connectivity index (χ2n) is 3.02. The van der Waals surface area contributed by atoms with Crippen molar-refractivity contribution in [2.45, 2.75) is 12.2 Å². The van der Waals surface area contributed by atoms with Crippen molar-refractivity contribution in [3.63, 3.8) is 0 Å². The highest BCUT2D eigenvalue weighted by Crippen LogP contribution is 2.35. The number of aliphatic hydroxyl groups excluding tert-OH is 1. The molecular formula is C9H9ClF3NO. The van der Waals surface area contributed by atoms with E-state index in [2.05, 4.69) is 0 Å². The Morgan fingerprint density at radius 3 is 2.47 bits per heavy atom. The van der Waals surface area contributed by atoms with E-state index in [0.29, 0.717) is 0 Å². The fourth-order valence-corrected chi connectivity index (χ4v) is 1.38. The third kappa shape index (κ3) is 2.84. The maximum atomic E-state index is 12.5. The molecule has 0 aliphatic heterocycles.